The Morgan fingerprint density at radius 1 is 1.25 bits per heavy atom. The van der Waals surface area contributed by atoms with Crippen molar-refractivity contribution < 1.29 is 4.79 Å². The van der Waals surface area contributed by atoms with Crippen LogP contribution in [0.2, 0.25) is 0 Å². The molecule has 5 rings (SSSR count). The average Bonchev–Trinajstić information content (AvgIpc) is 3.40. The Kier molecular flexibility index (Phi) is 4.61. The molecule has 1 fully saturated rings. The maximum atomic E-state index is 11.8. The van der Waals surface area contributed by atoms with Gasteiger partial charge in [0.25, 0.3) is 5.91 Å². The minimum atomic E-state index is -0.475. The number of hydrogen-bond acceptors (Lipinski definition) is 6. The second-order valence-corrected chi connectivity index (χ2v) is 9.90. The highest BCUT2D eigenvalue weighted by molar-refractivity contribution is 7.21. The van der Waals surface area contributed by atoms with Crippen molar-refractivity contribution in [1.82, 2.24) is 9.88 Å². The molecule has 146 valence electrons. The minimum absolute atomic E-state index is 0.419. The predicted molar refractivity (Wildman–Crippen MR) is 117 cm³/mol. The Bertz CT molecular complexity index is 1030. The molecule has 0 unspecified atom stereocenters. The predicted octanol–water partition coefficient (Wildman–Crippen LogP) is 4.60. The van der Waals surface area contributed by atoms with Crippen molar-refractivity contribution in [3.63, 3.8) is 0 Å². The summed E-state index contributed by atoms with van der Waals surface area (Å²) in [5, 5.41) is 2.99. The van der Waals surface area contributed by atoms with Crippen molar-refractivity contribution in [1.29, 1.82) is 0 Å². The van der Waals surface area contributed by atoms with E-state index in [1.165, 1.54) is 53.9 Å². The molecule has 28 heavy (non-hydrogen) atoms. The molecule has 7 heteroatoms. The number of amides is 1. The molecule has 3 aromatic heterocycles. The van der Waals surface area contributed by atoms with Crippen molar-refractivity contribution in [3.05, 3.63) is 33.6 Å². The summed E-state index contributed by atoms with van der Waals surface area (Å²) in [6, 6.07) is 4.19. The zero-order valence-electron chi connectivity index (χ0n) is 15.7. The van der Waals surface area contributed by atoms with Gasteiger partial charge in [-0.05, 0) is 35.8 Å². The van der Waals surface area contributed by atoms with Gasteiger partial charge in [-0.3, -0.25) is 9.69 Å². The number of anilines is 1. The summed E-state index contributed by atoms with van der Waals surface area (Å²) in [4.78, 5) is 21.7. The maximum absolute atomic E-state index is 11.8. The summed E-state index contributed by atoms with van der Waals surface area (Å²) in [7, 11) is 0. The van der Waals surface area contributed by atoms with E-state index in [9.17, 15) is 4.79 Å². The van der Waals surface area contributed by atoms with Crippen LogP contribution < -0.4 is 11.5 Å². The van der Waals surface area contributed by atoms with Gasteiger partial charge in [0.2, 0.25) is 0 Å². The van der Waals surface area contributed by atoms with Gasteiger partial charge >= 0.3 is 0 Å². The number of carbonyl (C=O) groups is 1. The number of nitrogens with two attached hydrogens (primary N) is 2. The Labute approximate surface area is 172 Å². The van der Waals surface area contributed by atoms with E-state index < -0.39 is 5.91 Å². The third-order valence-electron chi connectivity index (χ3n) is 6.05. The highest BCUT2D eigenvalue weighted by Crippen LogP contribution is 2.45. The molecule has 0 spiro atoms. The fraction of sp³-hybridized carbons (Fsp3) is 0.429. The molecule has 5 nitrogen and oxygen atoms in total. The van der Waals surface area contributed by atoms with Gasteiger partial charge in [0.05, 0.1) is 11.4 Å². The molecule has 1 amide bonds. The van der Waals surface area contributed by atoms with Gasteiger partial charge < -0.3 is 11.5 Å². The molecule has 1 aliphatic heterocycles. The van der Waals surface area contributed by atoms with Gasteiger partial charge in [-0.1, -0.05) is 25.3 Å². The van der Waals surface area contributed by atoms with Crippen LogP contribution in [-0.2, 0) is 13.1 Å². The summed E-state index contributed by atoms with van der Waals surface area (Å²) in [5.41, 5.74) is 16.0. The Hall–Kier alpha value is -1.96. The van der Waals surface area contributed by atoms with E-state index in [0.29, 0.717) is 10.6 Å². The highest BCUT2D eigenvalue weighted by Gasteiger charge is 2.30. The lowest BCUT2D eigenvalue weighted by Gasteiger charge is -2.26. The number of pyridine rings is 1. The SMILES string of the molecule is NC(=O)c1sc2nc3c(c(-c4cccs4)c2c1N)CN(CC1CCCCC1)C3. The average molecular weight is 413 g/mol. The number of rotatable bonds is 4. The first-order valence-corrected chi connectivity index (χ1v) is 11.6. The third-order valence-corrected chi connectivity index (χ3v) is 8.05. The number of nitrogen functional groups attached to an aromatic ring is 1. The van der Waals surface area contributed by atoms with Crippen LogP contribution in [0.5, 0.6) is 0 Å². The van der Waals surface area contributed by atoms with Gasteiger partial charge in [-0.15, -0.1) is 22.7 Å². The van der Waals surface area contributed by atoms with Crippen LogP contribution in [0, 0.1) is 5.92 Å². The Morgan fingerprint density at radius 2 is 2.07 bits per heavy atom. The van der Waals surface area contributed by atoms with Crippen molar-refractivity contribution in [2.75, 3.05) is 12.3 Å². The van der Waals surface area contributed by atoms with Crippen LogP contribution in [0.1, 0.15) is 53.0 Å². The summed E-state index contributed by atoms with van der Waals surface area (Å²) in [5.74, 6) is 0.331. The molecule has 0 bridgehead atoms. The standard InChI is InChI=1S/C21H24N4OS2/c22-18-17-16(15-7-4-8-27-15)13-10-25(9-12-5-2-1-3-6-12)11-14(13)24-21(17)28-19(18)20(23)26/h4,7-8,12H,1-3,5-6,9-11,22H2,(H2,23,26). The molecule has 0 atom stereocenters. The molecule has 4 N–H and O–H groups in total. The quantitative estimate of drug-likeness (QED) is 0.656. The number of aromatic nitrogens is 1. The molecule has 0 aromatic carbocycles. The van der Waals surface area contributed by atoms with Gasteiger partial charge in [-0.2, -0.15) is 0 Å². The topological polar surface area (TPSA) is 85.2 Å². The summed E-state index contributed by atoms with van der Waals surface area (Å²) in [6.45, 7) is 2.93. The van der Waals surface area contributed by atoms with E-state index in [-0.39, 0.29) is 0 Å². The largest absolute Gasteiger partial charge is 0.397 e. The molecule has 1 aliphatic carbocycles. The van der Waals surface area contributed by atoms with Crippen LogP contribution in [0.25, 0.3) is 20.7 Å². The van der Waals surface area contributed by atoms with E-state index in [1.54, 1.807) is 11.3 Å². The monoisotopic (exact) mass is 412 g/mol. The van der Waals surface area contributed by atoms with Gasteiger partial charge in [0, 0.05) is 35.5 Å². The van der Waals surface area contributed by atoms with Gasteiger partial charge in [0.15, 0.2) is 0 Å². The lowest BCUT2D eigenvalue weighted by atomic mass is 9.89. The zero-order valence-corrected chi connectivity index (χ0v) is 17.4. The zero-order chi connectivity index (χ0) is 19.3. The van der Waals surface area contributed by atoms with Crippen LogP contribution in [0.3, 0.4) is 0 Å². The molecule has 0 saturated heterocycles. The van der Waals surface area contributed by atoms with Crippen LogP contribution in [-0.4, -0.2) is 22.3 Å². The Balaban J connectivity index is 1.59. The lowest BCUT2D eigenvalue weighted by molar-refractivity contribution is 0.100. The van der Waals surface area contributed by atoms with Crippen molar-refractivity contribution in [2.45, 2.75) is 45.2 Å². The second-order valence-electron chi connectivity index (χ2n) is 7.95. The molecule has 1 saturated carbocycles. The molecular weight excluding hydrogens is 388 g/mol. The first-order valence-electron chi connectivity index (χ1n) is 9.91. The van der Waals surface area contributed by atoms with Crippen LogP contribution in [0.15, 0.2) is 17.5 Å². The van der Waals surface area contributed by atoms with Gasteiger partial charge in [-0.25, -0.2) is 4.98 Å². The van der Waals surface area contributed by atoms with Gasteiger partial charge in [0.1, 0.15) is 9.71 Å². The van der Waals surface area contributed by atoms with Crippen LogP contribution >= 0.6 is 22.7 Å². The normalized spacial score (nSPS) is 18.0. The molecule has 3 aromatic rings. The molecular formula is C21H24N4OS2. The Morgan fingerprint density at radius 3 is 2.79 bits per heavy atom. The number of hydrogen-bond donors (Lipinski definition) is 2. The fourth-order valence-electron chi connectivity index (χ4n) is 4.77. The van der Waals surface area contributed by atoms with E-state index in [1.807, 2.05) is 0 Å². The molecule has 0 radical (unpaired) electrons. The van der Waals surface area contributed by atoms with E-state index in [4.69, 9.17) is 16.5 Å². The van der Waals surface area contributed by atoms with Crippen LogP contribution in [0.4, 0.5) is 5.69 Å². The van der Waals surface area contributed by atoms with Crippen molar-refractivity contribution >= 4 is 44.5 Å². The van der Waals surface area contributed by atoms with Crippen molar-refractivity contribution in [3.8, 4) is 10.4 Å². The summed E-state index contributed by atoms with van der Waals surface area (Å²) >= 11 is 3.03. The van der Waals surface area contributed by atoms with E-state index >= 15 is 0 Å². The number of thiophene rings is 2. The first-order chi connectivity index (χ1) is 13.6. The van der Waals surface area contributed by atoms with E-state index in [2.05, 4.69) is 22.4 Å². The van der Waals surface area contributed by atoms with E-state index in [0.717, 1.165) is 47.0 Å². The number of primary amides is 1. The molecule has 2 aliphatic rings. The summed E-state index contributed by atoms with van der Waals surface area (Å²) < 4.78 is 0. The minimum Gasteiger partial charge on any atom is -0.397 e. The summed E-state index contributed by atoms with van der Waals surface area (Å²) in [6.07, 6.45) is 6.82. The lowest BCUT2D eigenvalue weighted by Crippen LogP contribution is -2.26. The smallest absolute Gasteiger partial charge is 0.260 e. The number of fused-ring (bicyclic) bond motifs is 2. The number of carbonyl (C=O) groups excluding carboxylic acids is 1. The fourth-order valence-corrected chi connectivity index (χ4v) is 6.55. The number of nitrogens with zero attached hydrogens (tertiary/aromatic N) is 2. The first kappa shape index (κ1) is 18.1. The highest BCUT2D eigenvalue weighted by atomic mass is 32.1. The molecule has 4 heterocycles. The van der Waals surface area contributed by atoms with Crippen molar-refractivity contribution in [2.24, 2.45) is 11.7 Å². The third kappa shape index (κ3) is 3.02. The second kappa shape index (κ2) is 7.13. The maximum Gasteiger partial charge on any atom is 0.260 e.